The molecule has 0 aliphatic carbocycles. The molecule has 0 amide bonds. The molecule has 0 fully saturated rings. The predicted molar refractivity (Wildman–Crippen MR) is 340 cm³/mol. The zero-order valence-electron chi connectivity index (χ0n) is 53.0. The Morgan fingerprint density at radius 1 is 0.256 bits per heavy atom. The first-order valence-corrected chi connectivity index (χ1v) is 35.3. The summed E-state index contributed by atoms with van der Waals surface area (Å²) in [5.74, 6) is -0.856. The van der Waals surface area contributed by atoms with E-state index in [2.05, 4.69) is 45.1 Å². The number of allylic oxidation sites excluding steroid dienone is 4. The SMILES string of the molecule is CCC/C=C\C/C=C\CCCCCCCC(=O)OCC(COC(=O)CCCCCCCCCCCCCCCCCCCCCCCCCCCCCCCCCC)OC(=O)CCCCCCCCCCCCCCCCC. The number of esters is 3. The summed E-state index contributed by atoms with van der Waals surface area (Å²) < 4.78 is 16.9. The van der Waals surface area contributed by atoms with Crippen molar-refractivity contribution in [3.05, 3.63) is 24.3 Å². The largest absolute Gasteiger partial charge is 0.462 e. The van der Waals surface area contributed by atoms with Crippen LogP contribution in [-0.2, 0) is 28.6 Å². The van der Waals surface area contributed by atoms with E-state index in [1.54, 1.807) is 0 Å². The van der Waals surface area contributed by atoms with Crippen LogP contribution in [0.15, 0.2) is 24.3 Å². The molecule has 0 saturated heterocycles. The highest BCUT2D eigenvalue weighted by Crippen LogP contribution is 2.19. The van der Waals surface area contributed by atoms with Crippen LogP contribution in [0, 0.1) is 0 Å². The van der Waals surface area contributed by atoms with Crippen molar-refractivity contribution in [2.45, 2.75) is 406 Å². The van der Waals surface area contributed by atoms with Crippen LogP contribution in [0.1, 0.15) is 400 Å². The van der Waals surface area contributed by atoms with Gasteiger partial charge in [0.25, 0.3) is 0 Å². The Balaban J connectivity index is 4.07. The topological polar surface area (TPSA) is 78.9 Å². The fourth-order valence-corrected chi connectivity index (χ4v) is 10.9. The van der Waals surface area contributed by atoms with Gasteiger partial charge < -0.3 is 14.2 Å². The minimum Gasteiger partial charge on any atom is -0.462 e. The average molecular weight is 1100 g/mol. The van der Waals surface area contributed by atoms with E-state index in [0.29, 0.717) is 19.3 Å². The molecule has 0 bridgehead atoms. The average Bonchev–Trinajstić information content (AvgIpc) is 3.44. The Hall–Kier alpha value is -2.11. The van der Waals surface area contributed by atoms with Crippen molar-refractivity contribution in [3.63, 3.8) is 0 Å². The van der Waals surface area contributed by atoms with Crippen molar-refractivity contribution >= 4 is 17.9 Å². The maximum absolute atomic E-state index is 12.9. The third-order valence-corrected chi connectivity index (χ3v) is 16.2. The molecule has 0 rings (SSSR count). The molecule has 0 aromatic rings. The molecule has 78 heavy (non-hydrogen) atoms. The van der Waals surface area contributed by atoms with Gasteiger partial charge in [0.2, 0.25) is 0 Å². The molecule has 0 aliphatic rings. The normalized spacial score (nSPS) is 12.1. The van der Waals surface area contributed by atoms with Gasteiger partial charge in [-0.2, -0.15) is 0 Å². The summed E-state index contributed by atoms with van der Waals surface area (Å²) in [6, 6.07) is 0. The maximum atomic E-state index is 12.9. The molecule has 0 aromatic heterocycles. The summed E-state index contributed by atoms with van der Waals surface area (Å²) in [5.41, 5.74) is 0. The molecular weight excluding hydrogens is 961 g/mol. The molecule has 0 saturated carbocycles. The molecule has 6 heteroatoms. The first kappa shape index (κ1) is 75.9. The smallest absolute Gasteiger partial charge is 0.306 e. The first-order chi connectivity index (χ1) is 38.5. The zero-order chi connectivity index (χ0) is 56.4. The summed E-state index contributed by atoms with van der Waals surface area (Å²) in [5, 5.41) is 0. The first-order valence-electron chi connectivity index (χ1n) is 35.3. The van der Waals surface area contributed by atoms with Gasteiger partial charge in [0, 0.05) is 19.3 Å². The van der Waals surface area contributed by atoms with Crippen LogP contribution < -0.4 is 0 Å². The Bertz CT molecular complexity index is 1260. The molecule has 0 aliphatic heterocycles. The fraction of sp³-hybridized carbons (Fsp3) is 0.903. The molecule has 0 radical (unpaired) electrons. The quantitative estimate of drug-likeness (QED) is 0.0261. The predicted octanol–water partition coefficient (Wildman–Crippen LogP) is 24.2. The summed E-state index contributed by atoms with van der Waals surface area (Å²) in [6.07, 6.45) is 82.3. The van der Waals surface area contributed by atoms with Crippen LogP contribution in [0.2, 0.25) is 0 Å². The highest BCUT2D eigenvalue weighted by Gasteiger charge is 2.19. The van der Waals surface area contributed by atoms with Crippen LogP contribution >= 0.6 is 0 Å². The second kappa shape index (κ2) is 67.4. The molecule has 1 unspecified atom stereocenters. The van der Waals surface area contributed by atoms with Crippen molar-refractivity contribution < 1.29 is 28.6 Å². The third-order valence-electron chi connectivity index (χ3n) is 16.2. The van der Waals surface area contributed by atoms with Crippen LogP contribution in [0.25, 0.3) is 0 Å². The second-order valence-electron chi connectivity index (χ2n) is 24.2. The lowest BCUT2D eigenvalue weighted by molar-refractivity contribution is -0.167. The number of hydrogen-bond acceptors (Lipinski definition) is 6. The van der Waals surface area contributed by atoms with Crippen LogP contribution in [0.3, 0.4) is 0 Å². The third kappa shape index (κ3) is 64.7. The second-order valence-corrected chi connectivity index (χ2v) is 24.2. The lowest BCUT2D eigenvalue weighted by Crippen LogP contribution is -2.30. The van der Waals surface area contributed by atoms with Gasteiger partial charge in [-0.1, -0.05) is 360 Å². The maximum Gasteiger partial charge on any atom is 0.306 e. The van der Waals surface area contributed by atoms with Crippen LogP contribution in [-0.4, -0.2) is 37.2 Å². The summed E-state index contributed by atoms with van der Waals surface area (Å²) in [7, 11) is 0. The lowest BCUT2D eigenvalue weighted by atomic mass is 10.0. The highest BCUT2D eigenvalue weighted by molar-refractivity contribution is 5.71. The van der Waals surface area contributed by atoms with Crippen molar-refractivity contribution in [2.24, 2.45) is 0 Å². The van der Waals surface area contributed by atoms with E-state index in [9.17, 15) is 14.4 Å². The number of carbonyl (C=O) groups excluding carboxylic acids is 3. The molecular formula is C72H136O6. The number of carbonyl (C=O) groups is 3. The molecule has 0 aromatic carbocycles. The Morgan fingerprint density at radius 2 is 0.487 bits per heavy atom. The van der Waals surface area contributed by atoms with Gasteiger partial charge in [0.1, 0.15) is 13.2 Å². The van der Waals surface area contributed by atoms with Crippen LogP contribution in [0.4, 0.5) is 0 Å². The molecule has 460 valence electrons. The van der Waals surface area contributed by atoms with E-state index in [0.717, 1.165) is 83.5 Å². The molecule has 0 spiro atoms. The molecule has 6 nitrogen and oxygen atoms in total. The van der Waals surface area contributed by atoms with Crippen molar-refractivity contribution in [1.29, 1.82) is 0 Å². The van der Waals surface area contributed by atoms with E-state index in [1.165, 1.54) is 276 Å². The van der Waals surface area contributed by atoms with Crippen LogP contribution in [0.5, 0.6) is 0 Å². The lowest BCUT2D eigenvalue weighted by Gasteiger charge is -2.18. The van der Waals surface area contributed by atoms with E-state index in [1.807, 2.05) is 0 Å². The Kier molecular flexibility index (Phi) is 65.6. The Labute approximate surface area is 487 Å². The summed E-state index contributed by atoms with van der Waals surface area (Å²) in [4.78, 5) is 38.3. The number of rotatable bonds is 66. The zero-order valence-corrected chi connectivity index (χ0v) is 53.0. The van der Waals surface area contributed by atoms with E-state index >= 15 is 0 Å². The molecule has 0 N–H and O–H groups in total. The molecule has 0 heterocycles. The monoisotopic (exact) mass is 1100 g/mol. The molecule has 1 atom stereocenters. The van der Waals surface area contributed by atoms with Gasteiger partial charge in [-0.25, -0.2) is 0 Å². The van der Waals surface area contributed by atoms with E-state index < -0.39 is 6.10 Å². The van der Waals surface area contributed by atoms with Gasteiger partial charge in [-0.15, -0.1) is 0 Å². The fourth-order valence-electron chi connectivity index (χ4n) is 10.9. The highest BCUT2D eigenvalue weighted by atomic mass is 16.6. The summed E-state index contributed by atoms with van der Waals surface area (Å²) >= 11 is 0. The van der Waals surface area contributed by atoms with Gasteiger partial charge >= 0.3 is 17.9 Å². The van der Waals surface area contributed by atoms with Gasteiger partial charge in [0.05, 0.1) is 0 Å². The number of unbranched alkanes of at least 4 members (excludes halogenated alkanes) is 51. The van der Waals surface area contributed by atoms with E-state index in [-0.39, 0.29) is 31.1 Å². The van der Waals surface area contributed by atoms with Crippen molar-refractivity contribution in [3.8, 4) is 0 Å². The van der Waals surface area contributed by atoms with Crippen molar-refractivity contribution in [2.75, 3.05) is 13.2 Å². The number of hydrogen-bond donors (Lipinski definition) is 0. The van der Waals surface area contributed by atoms with Gasteiger partial charge in [-0.05, 0) is 44.9 Å². The van der Waals surface area contributed by atoms with Crippen molar-refractivity contribution in [1.82, 2.24) is 0 Å². The van der Waals surface area contributed by atoms with Gasteiger partial charge in [0.15, 0.2) is 6.10 Å². The Morgan fingerprint density at radius 3 is 0.756 bits per heavy atom. The standard InChI is InChI=1S/C72H136O6/c1-4-7-10-13-16-19-22-25-27-28-29-30-31-32-33-34-35-36-37-38-39-40-41-42-43-45-47-50-53-56-59-62-65-71(74)77-68-69(67-76-70(73)64-61-58-55-52-49-46-24-21-18-15-12-9-6-3)78-72(75)66-63-60-57-54-51-48-44-26-23-20-17-14-11-8-5-2/h12,15,21,24,69H,4-11,13-14,16-20,22-23,25-68H2,1-3H3/b15-12-,24-21-. The minimum absolute atomic E-state index is 0.0696. The number of ether oxygens (including phenoxy) is 3. The minimum atomic E-state index is -0.773. The van der Waals surface area contributed by atoms with E-state index in [4.69, 9.17) is 14.2 Å². The summed E-state index contributed by atoms with van der Waals surface area (Å²) in [6.45, 7) is 6.64. The van der Waals surface area contributed by atoms with Gasteiger partial charge in [-0.3, -0.25) is 14.4 Å².